The molecule has 1 aromatic carbocycles. The van der Waals surface area contributed by atoms with Crippen molar-refractivity contribution in [1.29, 1.82) is 0 Å². The molecule has 0 fully saturated rings. The summed E-state index contributed by atoms with van der Waals surface area (Å²) in [5.41, 5.74) is 2.66. The van der Waals surface area contributed by atoms with Crippen LogP contribution in [0.3, 0.4) is 0 Å². The summed E-state index contributed by atoms with van der Waals surface area (Å²) in [6.07, 6.45) is 4.27. The van der Waals surface area contributed by atoms with Crippen LogP contribution < -0.4 is 5.32 Å². The van der Waals surface area contributed by atoms with Crippen molar-refractivity contribution < 1.29 is 4.79 Å². The van der Waals surface area contributed by atoms with E-state index in [1.54, 1.807) is 6.20 Å². The van der Waals surface area contributed by atoms with Gasteiger partial charge in [0, 0.05) is 30.4 Å². The average Bonchev–Trinajstić information content (AvgIpc) is 2.86. The highest BCUT2D eigenvalue weighted by atomic mass is 16.1. The highest BCUT2D eigenvalue weighted by molar-refractivity contribution is 5.96. The molecule has 1 heterocycles. The zero-order valence-corrected chi connectivity index (χ0v) is 10.7. The molecule has 0 radical (unpaired) electrons. The Morgan fingerprint density at radius 3 is 2.50 bits per heavy atom. The largest absolute Gasteiger partial charge is 0.353 e. The van der Waals surface area contributed by atoms with Gasteiger partial charge in [-0.2, -0.15) is 5.10 Å². The Morgan fingerprint density at radius 2 is 1.94 bits per heavy atom. The molecular weight excluding hydrogens is 226 g/mol. The van der Waals surface area contributed by atoms with E-state index in [9.17, 15) is 4.79 Å². The van der Waals surface area contributed by atoms with Gasteiger partial charge in [0.2, 0.25) is 0 Å². The normalized spacial score (nSPS) is 10.3. The minimum atomic E-state index is 0.167. The van der Waals surface area contributed by atoms with Gasteiger partial charge in [-0.15, -0.1) is 0 Å². The lowest BCUT2D eigenvalue weighted by atomic mass is 10.1. The van der Waals surface area contributed by atoms with E-state index in [1.165, 1.54) is 0 Å². The predicted octanol–water partition coefficient (Wildman–Crippen LogP) is 3.24. The van der Waals surface area contributed by atoms with Crippen LogP contribution in [-0.2, 0) is 6.54 Å². The third-order valence-corrected chi connectivity index (χ3v) is 2.77. The Morgan fingerprint density at radius 1 is 1.22 bits per heavy atom. The first-order chi connectivity index (χ1) is 8.72. The molecule has 4 nitrogen and oxygen atoms in total. The molecule has 0 saturated heterocycles. The van der Waals surface area contributed by atoms with Gasteiger partial charge in [0.15, 0.2) is 5.78 Å². The van der Waals surface area contributed by atoms with Gasteiger partial charge in [-0.1, -0.05) is 6.92 Å². The minimum Gasteiger partial charge on any atom is -0.353 e. The number of nitrogens with one attached hydrogen (secondary N) is 1. The number of ketones is 1. The first-order valence-electron chi connectivity index (χ1n) is 6.15. The minimum absolute atomic E-state index is 0.167. The second-order valence-corrected chi connectivity index (χ2v) is 4.06. The summed E-state index contributed by atoms with van der Waals surface area (Å²) >= 11 is 0. The molecule has 0 saturated carbocycles. The van der Waals surface area contributed by atoms with Crippen molar-refractivity contribution in [3.63, 3.8) is 0 Å². The first kappa shape index (κ1) is 12.4. The Bertz CT molecular complexity index is 528. The molecule has 18 heavy (non-hydrogen) atoms. The Hall–Kier alpha value is -2.10. The van der Waals surface area contributed by atoms with Crippen LogP contribution in [0, 0.1) is 0 Å². The van der Waals surface area contributed by atoms with Gasteiger partial charge in [-0.05, 0) is 31.2 Å². The van der Waals surface area contributed by atoms with Gasteiger partial charge < -0.3 is 5.32 Å². The van der Waals surface area contributed by atoms with Crippen molar-refractivity contribution >= 4 is 17.2 Å². The third-order valence-electron chi connectivity index (χ3n) is 2.77. The number of aryl methyl sites for hydroxylation is 1. The van der Waals surface area contributed by atoms with Crippen LogP contribution in [0.1, 0.15) is 30.6 Å². The molecule has 0 aliphatic carbocycles. The van der Waals surface area contributed by atoms with Gasteiger partial charge >= 0.3 is 0 Å². The summed E-state index contributed by atoms with van der Waals surface area (Å²) in [6.45, 7) is 4.77. The van der Waals surface area contributed by atoms with Gasteiger partial charge in [0.05, 0.1) is 11.9 Å². The van der Waals surface area contributed by atoms with E-state index < -0.39 is 0 Å². The van der Waals surface area contributed by atoms with Crippen LogP contribution in [0.2, 0.25) is 0 Å². The average molecular weight is 243 g/mol. The number of benzene rings is 1. The molecule has 2 aromatic rings. The van der Waals surface area contributed by atoms with E-state index in [0.717, 1.165) is 23.5 Å². The van der Waals surface area contributed by atoms with E-state index in [1.807, 2.05) is 49.0 Å². The molecule has 0 atom stereocenters. The summed E-state index contributed by atoms with van der Waals surface area (Å²) in [5.74, 6) is 0.167. The fourth-order valence-electron chi connectivity index (χ4n) is 1.71. The monoisotopic (exact) mass is 243 g/mol. The number of carbonyl (C=O) groups is 1. The Kier molecular flexibility index (Phi) is 3.77. The molecule has 0 bridgehead atoms. The van der Waals surface area contributed by atoms with Crippen molar-refractivity contribution in [2.24, 2.45) is 0 Å². The molecule has 0 spiro atoms. The first-order valence-corrected chi connectivity index (χ1v) is 6.15. The lowest BCUT2D eigenvalue weighted by Gasteiger charge is -2.04. The highest BCUT2D eigenvalue weighted by Gasteiger charge is 2.03. The smallest absolute Gasteiger partial charge is 0.162 e. The molecule has 2 rings (SSSR count). The summed E-state index contributed by atoms with van der Waals surface area (Å²) in [7, 11) is 0. The van der Waals surface area contributed by atoms with Gasteiger partial charge in [0.1, 0.15) is 0 Å². The maximum absolute atomic E-state index is 11.5. The van der Waals surface area contributed by atoms with Crippen LogP contribution in [0.5, 0.6) is 0 Å². The maximum atomic E-state index is 11.5. The molecule has 0 aliphatic rings. The van der Waals surface area contributed by atoms with Crippen molar-refractivity contribution in [3.05, 3.63) is 42.2 Å². The van der Waals surface area contributed by atoms with Crippen LogP contribution >= 0.6 is 0 Å². The van der Waals surface area contributed by atoms with Crippen LogP contribution in [0.25, 0.3) is 0 Å². The molecule has 1 aromatic heterocycles. The van der Waals surface area contributed by atoms with Gasteiger partial charge in [0.25, 0.3) is 0 Å². The lowest BCUT2D eigenvalue weighted by molar-refractivity contribution is 0.0988. The fourth-order valence-corrected chi connectivity index (χ4v) is 1.71. The summed E-state index contributed by atoms with van der Waals surface area (Å²) in [4.78, 5) is 11.5. The second-order valence-electron chi connectivity index (χ2n) is 4.06. The van der Waals surface area contributed by atoms with Crippen molar-refractivity contribution in [3.8, 4) is 0 Å². The second kappa shape index (κ2) is 5.49. The van der Waals surface area contributed by atoms with Crippen LogP contribution in [0.15, 0.2) is 36.7 Å². The van der Waals surface area contributed by atoms with E-state index in [-0.39, 0.29) is 5.78 Å². The van der Waals surface area contributed by atoms with Crippen molar-refractivity contribution in [2.75, 3.05) is 5.32 Å². The maximum Gasteiger partial charge on any atom is 0.162 e. The van der Waals surface area contributed by atoms with Gasteiger partial charge in [-0.25, -0.2) is 0 Å². The third kappa shape index (κ3) is 2.77. The topological polar surface area (TPSA) is 46.9 Å². The Labute approximate surface area is 107 Å². The summed E-state index contributed by atoms with van der Waals surface area (Å²) < 4.78 is 1.86. The number of hydrogen-bond acceptors (Lipinski definition) is 3. The molecule has 0 aliphatic heterocycles. The highest BCUT2D eigenvalue weighted by Crippen LogP contribution is 2.17. The van der Waals surface area contributed by atoms with Crippen molar-refractivity contribution in [1.82, 2.24) is 9.78 Å². The van der Waals surface area contributed by atoms with E-state index in [0.29, 0.717) is 6.42 Å². The number of aromatic nitrogens is 2. The van der Waals surface area contributed by atoms with Crippen LogP contribution in [0.4, 0.5) is 11.4 Å². The van der Waals surface area contributed by atoms with E-state index >= 15 is 0 Å². The number of carbonyl (C=O) groups excluding carboxylic acids is 1. The molecular formula is C14H17N3O. The number of nitrogens with zero attached hydrogens (tertiary/aromatic N) is 2. The molecule has 0 unspecified atom stereocenters. The summed E-state index contributed by atoms with van der Waals surface area (Å²) in [6, 6.07) is 7.51. The zero-order chi connectivity index (χ0) is 13.0. The standard InChI is InChI=1S/C14H17N3O/c1-3-14(18)11-5-7-12(8-6-11)16-13-9-15-17(4-2)10-13/h5-10,16H,3-4H2,1-2H3. The molecule has 4 heteroatoms. The predicted molar refractivity (Wildman–Crippen MR) is 72.2 cm³/mol. The Balaban J connectivity index is 2.08. The molecule has 1 N–H and O–H groups in total. The number of hydrogen-bond donors (Lipinski definition) is 1. The quantitative estimate of drug-likeness (QED) is 0.820. The zero-order valence-electron chi connectivity index (χ0n) is 10.7. The van der Waals surface area contributed by atoms with E-state index in [2.05, 4.69) is 10.4 Å². The number of rotatable bonds is 5. The number of anilines is 2. The number of Topliss-reactive ketones (excluding diaryl/α,β-unsaturated/α-hetero) is 1. The lowest BCUT2D eigenvalue weighted by Crippen LogP contribution is -1.96. The van der Waals surface area contributed by atoms with Crippen molar-refractivity contribution in [2.45, 2.75) is 26.8 Å². The van der Waals surface area contributed by atoms with Gasteiger partial charge in [-0.3, -0.25) is 9.48 Å². The molecule has 94 valence electrons. The SMILES string of the molecule is CCC(=O)c1ccc(Nc2cnn(CC)c2)cc1. The molecule has 0 amide bonds. The van der Waals surface area contributed by atoms with E-state index in [4.69, 9.17) is 0 Å². The fraction of sp³-hybridized carbons (Fsp3) is 0.286. The summed E-state index contributed by atoms with van der Waals surface area (Å²) in [5, 5.41) is 7.44. The van der Waals surface area contributed by atoms with Crippen LogP contribution in [-0.4, -0.2) is 15.6 Å².